The van der Waals surface area contributed by atoms with Crippen LogP contribution in [0.25, 0.3) is 0 Å². The topological polar surface area (TPSA) is 24.9 Å². The molecule has 2 heteroatoms. The van der Waals surface area contributed by atoms with E-state index in [1.807, 2.05) is 12.4 Å². The highest BCUT2D eigenvalue weighted by atomic mass is 14.9. The molecular formula is C19H26N2. The Morgan fingerprint density at radius 3 is 2.33 bits per heavy atom. The lowest BCUT2D eigenvalue weighted by atomic mass is 9.96. The van der Waals surface area contributed by atoms with Gasteiger partial charge < -0.3 is 5.32 Å². The second kappa shape index (κ2) is 7.37. The lowest BCUT2D eigenvalue weighted by molar-refractivity contribution is 0.548. The summed E-state index contributed by atoms with van der Waals surface area (Å²) < 4.78 is 0. The molecule has 0 aliphatic heterocycles. The Morgan fingerprint density at radius 2 is 1.76 bits per heavy atom. The first-order chi connectivity index (χ1) is 10.1. The monoisotopic (exact) mass is 282 g/mol. The summed E-state index contributed by atoms with van der Waals surface area (Å²) >= 11 is 0. The molecule has 0 fully saturated rings. The molecule has 1 aromatic heterocycles. The fourth-order valence-electron chi connectivity index (χ4n) is 2.60. The Hall–Kier alpha value is -1.67. The minimum Gasteiger partial charge on any atom is -0.310 e. The number of pyridine rings is 1. The van der Waals surface area contributed by atoms with E-state index in [0.29, 0.717) is 12.0 Å². The largest absolute Gasteiger partial charge is 0.310 e. The normalized spacial score (nSPS) is 12.6. The Labute approximate surface area is 128 Å². The van der Waals surface area contributed by atoms with Gasteiger partial charge in [-0.15, -0.1) is 0 Å². The van der Waals surface area contributed by atoms with Gasteiger partial charge in [0.05, 0.1) is 0 Å². The second-order valence-electron chi connectivity index (χ2n) is 6.01. The predicted octanol–water partition coefficient (Wildman–Crippen LogP) is 4.41. The number of rotatable bonds is 6. The van der Waals surface area contributed by atoms with Gasteiger partial charge in [0.1, 0.15) is 0 Å². The molecule has 0 saturated heterocycles. The summed E-state index contributed by atoms with van der Waals surface area (Å²) in [6.07, 6.45) is 4.88. The molecule has 112 valence electrons. The van der Waals surface area contributed by atoms with E-state index in [2.05, 4.69) is 68.3 Å². The number of nitrogens with one attached hydrogen (secondary N) is 1. The van der Waals surface area contributed by atoms with Gasteiger partial charge in [-0.05, 0) is 48.1 Å². The number of aromatic nitrogens is 1. The Morgan fingerprint density at radius 1 is 1.05 bits per heavy atom. The van der Waals surface area contributed by atoms with E-state index in [1.54, 1.807) is 0 Å². The average Bonchev–Trinajstić information content (AvgIpc) is 2.47. The quantitative estimate of drug-likeness (QED) is 0.849. The van der Waals surface area contributed by atoms with Crippen LogP contribution in [0.4, 0.5) is 0 Å². The summed E-state index contributed by atoms with van der Waals surface area (Å²) in [4.78, 5) is 4.33. The van der Waals surface area contributed by atoms with Gasteiger partial charge in [-0.1, -0.05) is 51.1 Å². The molecule has 1 atom stereocenters. The van der Waals surface area contributed by atoms with Crippen molar-refractivity contribution in [3.05, 3.63) is 65.0 Å². The van der Waals surface area contributed by atoms with E-state index in [0.717, 1.165) is 13.0 Å². The Bertz CT molecular complexity index is 558. The smallest absolute Gasteiger partial charge is 0.0376 e. The zero-order chi connectivity index (χ0) is 15.2. The molecule has 0 radical (unpaired) electrons. The third-order valence-electron chi connectivity index (χ3n) is 3.84. The van der Waals surface area contributed by atoms with Crippen molar-refractivity contribution in [2.75, 3.05) is 6.54 Å². The minimum absolute atomic E-state index is 0.326. The highest BCUT2D eigenvalue weighted by Gasteiger charge is 2.12. The summed E-state index contributed by atoms with van der Waals surface area (Å²) in [5.41, 5.74) is 5.25. The van der Waals surface area contributed by atoms with Crippen LogP contribution in [-0.2, 0) is 6.42 Å². The van der Waals surface area contributed by atoms with E-state index in [4.69, 9.17) is 0 Å². The van der Waals surface area contributed by atoms with Gasteiger partial charge >= 0.3 is 0 Å². The van der Waals surface area contributed by atoms with Crippen LogP contribution in [0.1, 0.15) is 55.0 Å². The summed E-state index contributed by atoms with van der Waals surface area (Å²) in [5.74, 6) is 0.588. The molecule has 21 heavy (non-hydrogen) atoms. The van der Waals surface area contributed by atoms with E-state index >= 15 is 0 Å². The molecule has 0 aliphatic carbocycles. The van der Waals surface area contributed by atoms with Gasteiger partial charge in [0.15, 0.2) is 0 Å². The molecule has 0 aliphatic rings. The lowest BCUT2D eigenvalue weighted by Crippen LogP contribution is -2.23. The number of hydrogen-bond acceptors (Lipinski definition) is 2. The maximum Gasteiger partial charge on any atom is 0.0376 e. The highest BCUT2D eigenvalue weighted by Crippen LogP contribution is 2.21. The van der Waals surface area contributed by atoms with Crippen molar-refractivity contribution in [1.82, 2.24) is 10.3 Å². The number of benzene rings is 1. The number of likely N-dealkylation sites (N-methyl/N-ethyl adjacent to an activating group) is 1. The molecule has 0 bridgehead atoms. The van der Waals surface area contributed by atoms with Crippen molar-refractivity contribution in [2.24, 2.45) is 0 Å². The summed E-state index contributed by atoms with van der Waals surface area (Å²) in [7, 11) is 0. The molecule has 1 N–H and O–H groups in total. The van der Waals surface area contributed by atoms with Crippen molar-refractivity contribution in [2.45, 2.75) is 46.1 Å². The van der Waals surface area contributed by atoms with E-state index < -0.39 is 0 Å². The van der Waals surface area contributed by atoms with Gasteiger partial charge in [0.2, 0.25) is 0 Å². The Balaban J connectivity index is 2.16. The maximum absolute atomic E-state index is 4.33. The lowest BCUT2D eigenvalue weighted by Gasteiger charge is -2.19. The molecule has 0 amide bonds. The molecular weight excluding hydrogens is 256 g/mol. The SMILES string of the molecule is CCNC(Cc1ccc(C(C)C)cc1)c1cncc(C)c1. The van der Waals surface area contributed by atoms with Gasteiger partial charge in [-0.3, -0.25) is 4.98 Å². The number of hydrogen-bond donors (Lipinski definition) is 1. The van der Waals surface area contributed by atoms with Crippen LogP contribution in [0, 0.1) is 6.92 Å². The Kier molecular flexibility index (Phi) is 5.51. The first kappa shape index (κ1) is 15.7. The van der Waals surface area contributed by atoms with Crippen LogP contribution in [0.3, 0.4) is 0 Å². The third kappa shape index (κ3) is 4.40. The van der Waals surface area contributed by atoms with Crippen LogP contribution in [0.15, 0.2) is 42.7 Å². The van der Waals surface area contributed by atoms with Crippen molar-refractivity contribution < 1.29 is 0 Å². The second-order valence-corrected chi connectivity index (χ2v) is 6.01. The zero-order valence-corrected chi connectivity index (χ0v) is 13.6. The van der Waals surface area contributed by atoms with Crippen molar-refractivity contribution in [1.29, 1.82) is 0 Å². The molecule has 0 saturated carbocycles. The van der Waals surface area contributed by atoms with Crippen molar-refractivity contribution in [3.8, 4) is 0 Å². The average molecular weight is 282 g/mol. The summed E-state index contributed by atoms with van der Waals surface area (Å²) in [5, 5.41) is 3.57. The zero-order valence-electron chi connectivity index (χ0n) is 13.6. The summed E-state index contributed by atoms with van der Waals surface area (Å²) in [6, 6.07) is 11.6. The minimum atomic E-state index is 0.326. The molecule has 2 rings (SSSR count). The van der Waals surface area contributed by atoms with Crippen molar-refractivity contribution >= 4 is 0 Å². The number of nitrogens with zero attached hydrogens (tertiary/aromatic N) is 1. The molecule has 2 nitrogen and oxygen atoms in total. The van der Waals surface area contributed by atoms with Gasteiger partial charge in [0, 0.05) is 18.4 Å². The predicted molar refractivity (Wildman–Crippen MR) is 89.6 cm³/mol. The molecule has 1 heterocycles. The van der Waals surface area contributed by atoms with E-state index in [-0.39, 0.29) is 0 Å². The van der Waals surface area contributed by atoms with Crippen LogP contribution in [-0.4, -0.2) is 11.5 Å². The van der Waals surface area contributed by atoms with Gasteiger partial charge in [0.25, 0.3) is 0 Å². The molecule has 1 unspecified atom stereocenters. The first-order valence-corrected chi connectivity index (χ1v) is 7.84. The molecule has 0 spiro atoms. The van der Waals surface area contributed by atoms with Gasteiger partial charge in [-0.25, -0.2) is 0 Å². The van der Waals surface area contributed by atoms with Gasteiger partial charge in [-0.2, -0.15) is 0 Å². The first-order valence-electron chi connectivity index (χ1n) is 7.84. The van der Waals surface area contributed by atoms with Crippen LogP contribution >= 0.6 is 0 Å². The van der Waals surface area contributed by atoms with Crippen LogP contribution in [0.5, 0.6) is 0 Å². The standard InChI is InChI=1S/C19H26N2/c1-5-21-19(18-10-15(4)12-20-13-18)11-16-6-8-17(9-7-16)14(2)3/h6-10,12-14,19,21H,5,11H2,1-4H3. The summed E-state index contributed by atoms with van der Waals surface area (Å²) in [6.45, 7) is 9.67. The molecule has 2 aromatic rings. The number of aryl methyl sites for hydroxylation is 1. The molecule has 1 aromatic carbocycles. The third-order valence-corrected chi connectivity index (χ3v) is 3.84. The highest BCUT2D eigenvalue weighted by molar-refractivity contribution is 5.28. The van der Waals surface area contributed by atoms with Crippen LogP contribution in [0.2, 0.25) is 0 Å². The van der Waals surface area contributed by atoms with E-state index in [1.165, 1.54) is 22.3 Å². The van der Waals surface area contributed by atoms with E-state index in [9.17, 15) is 0 Å². The fraction of sp³-hybridized carbons (Fsp3) is 0.421. The maximum atomic E-state index is 4.33. The van der Waals surface area contributed by atoms with Crippen LogP contribution < -0.4 is 5.32 Å². The fourth-order valence-corrected chi connectivity index (χ4v) is 2.60. The van der Waals surface area contributed by atoms with Crippen molar-refractivity contribution in [3.63, 3.8) is 0 Å².